The molecule has 0 atom stereocenters. The Kier molecular flexibility index (Phi) is 6.82. The highest BCUT2D eigenvalue weighted by atomic mass is 79.9. The van der Waals surface area contributed by atoms with Gasteiger partial charge in [0.05, 0.1) is 13.5 Å². The van der Waals surface area contributed by atoms with Crippen LogP contribution in [0.1, 0.15) is 6.42 Å². The summed E-state index contributed by atoms with van der Waals surface area (Å²) < 4.78 is 11.4. The number of amides is 1. The highest BCUT2D eigenvalue weighted by Crippen LogP contribution is 2.30. The molecule has 0 bridgehead atoms. The Morgan fingerprint density at radius 1 is 1.17 bits per heavy atom. The molecule has 1 amide bonds. The highest BCUT2D eigenvalue weighted by Gasteiger charge is 2.21. The minimum absolute atomic E-state index is 0.0271. The number of esters is 1. The molecule has 0 N–H and O–H groups in total. The molecule has 0 unspecified atom stereocenters. The first-order chi connectivity index (χ1) is 14.1. The Hall–Kier alpha value is -3.37. The van der Waals surface area contributed by atoms with E-state index in [2.05, 4.69) is 32.4 Å². The van der Waals surface area contributed by atoms with Gasteiger partial charge >= 0.3 is 5.97 Å². The maximum atomic E-state index is 12.9. The van der Waals surface area contributed by atoms with Crippen LogP contribution in [0.5, 0.6) is 11.5 Å². The molecule has 1 aromatic heterocycles. The van der Waals surface area contributed by atoms with Crippen molar-refractivity contribution in [1.82, 2.24) is 4.98 Å². The third kappa shape index (κ3) is 5.33. The van der Waals surface area contributed by atoms with Crippen molar-refractivity contribution >= 4 is 33.6 Å². The number of carbonyl (C=O) groups excluding carboxylic acids is 2. The van der Waals surface area contributed by atoms with E-state index in [9.17, 15) is 9.59 Å². The van der Waals surface area contributed by atoms with Gasteiger partial charge in [-0.2, -0.15) is 0 Å². The molecule has 7 heteroatoms. The molecular formula is C22H17BrN2O4. The van der Waals surface area contributed by atoms with Gasteiger partial charge in [0.15, 0.2) is 11.5 Å². The molecule has 0 aliphatic heterocycles. The molecule has 0 spiro atoms. The van der Waals surface area contributed by atoms with Crippen molar-refractivity contribution in [1.29, 1.82) is 0 Å². The minimum Gasteiger partial charge on any atom is -0.493 e. The predicted molar refractivity (Wildman–Crippen MR) is 112 cm³/mol. The number of nitrogens with zero attached hydrogens (tertiary/aromatic N) is 2. The number of carbonyl (C=O) groups is 2. The summed E-state index contributed by atoms with van der Waals surface area (Å²) in [6.07, 6.45) is 6.35. The van der Waals surface area contributed by atoms with Crippen LogP contribution >= 0.6 is 15.9 Å². The van der Waals surface area contributed by atoms with Gasteiger partial charge in [-0.05, 0) is 42.5 Å². The first-order valence-electron chi connectivity index (χ1n) is 8.73. The number of pyridine rings is 1. The number of halogens is 1. The van der Waals surface area contributed by atoms with Gasteiger partial charge in [0.2, 0.25) is 0 Å². The summed E-state index contributed by atoms with van der Waals surface area (Å²) in [6.45, 7) is 0.101. The fraction of sp³-hybridized carbons (Fsp3) is 0.136. The summed E-state index contributed by atoms with van der Waals surface area (Å²) in [6, 6.07) is 10.4. The van der Waals surface area contributed by atoms with E-state index in [0.29, 0.717) is 22.9 Å². The van der Waals surface area contributed by atoms with Crippen molar-refractivity contribution in [3.8, 4) is 11.5 Å². The maximum Gasteiger partial charge on any atom is 0.313 e. The lowest BCUT2D eigenvalue weighted by molar-refractivity contribution is -0.134. The predicted octanol–water partition coefficient (Wildman–Crippen LogP) is 3.99. The number of benzene rings is 1. The number of rotatable bonds is 7. The monoisotopic (exact) mass is 452 g/mol. The Morgan fingerprint density at radius 2 is 2.03 bits per heavy atom. The van der Waals surface area contributed by atoms with Gasteiger partial charge < -0.3 is 9.47 Å². The second-order valence-corrected chi connectivity index (χ2v) is 6.80. The molecule has 29 heavy (non-hydrogen) atoms. The Labute approximate surface area is 176 Å². The largest absolute Gasteiger partial charge is 0.493 e. The number of allylic oxidation sites excluding steroid dienone is 2. The summed E-state index contributed by atoms with van der Waals surface area (Å²) in [5, 5.41) is 0. The first kappa shape index (κ1) is 20.4. The molecule has 0 saturated heterocycles. The average molecular weight is 453 g/mol. The van der Waals surface area contributed by atoms with E-state index >= 15 is 0 Å². The van der Waals surface area contributed by atoms with E-state index in [4.69, 9.17) is 9.47 Å². The molecule has 2 aromatic rings. The zero-order valence-electron chi connectivity index (χ0n) is 15.6. The van der Waals surface area contributed by atoms with Crippen LogP contribution in [0.4, 0.5) is 5.82 Å². The number of methoxy groups -OCH3 is 1. The number of anilines is 1. The third-order valence-corrected chi connectivity index (χ3v) is 4.46. The van der Waals surface area contributed by atoms with E-state index < -0.39 is 5.97 Å². The molecule has 0 radical (unpaired) electrons. The van der Waals surface area contributed by atoms with E-state index in [0.717, 1.165) is 4.47 Å². The number of ether oxygens (including phenoxy) is 2. The Bertz CT molecular complexity index is 1050. The second kappa shape index (κ2) is 9.71. The lowest BCUT2D eigenvalue weighted by Crippen LogP contribution is -2.35. The highest BCUT2D eigenvalue weighted by molar-refractivity contribution is 9.10. The van der Waals surface area contributed by atoms with Crippen LogP contribution in [0.15, 0.2) is 82.3 Å². The lowest BCUT2D eigenvalue weighted by Gasteiger charge is -2.22. The van der Waals surface area contributed by atoms with Crippen molar-refractivity contribution in [2.45, 2.75) is 6.42 Å². The molecule has 6 nitrogen and oxygen atoms in total. The number of hydrogen-bond donors (Lipinski definition) is 0. The average Bonchev–Trinajstić information content (AvgIpc) is 2.75. The number of aromatic nitrogens is 1. The molecule has 0 fully saturated rings. The van der Waals surface area contributed by atoms with E-state index in [-0.39, 0.29) is 18.9 Å². The van der Waals surface area contributed by atoms with Crippen molar-refractivity contribution in [2.75, 3.05) is 18.6 Å². The van der Waals surface area contributed by atoms with E-state index in [1.54, 1.807) is 60.8 Å². The van der Waals surface area contributed by atoms with Crippen molar-refractivity contribution in [2.24, 2.45) is 0 Å². The van der Waals surface area contributed by atoms with Gasteiger partial charge in [-0.15, -0.1) is 0 Å². The van der Waals surface area contributed by atoms with E-state index in [1.165, 1.54) is 12.0 Å². The molecule has 1 aromatic carbocycles. The third-order valence-electron chi connectivity index (χ3n) is 3.96. The zero-order chi connectivity index (χ0) is 20.6. The second-order valence-electron chi connectivity index (χ2n) is 5.89. The van der Waals surface area contributed by atoms with Gasteiger partial charge in [-0.3, -0.25) is 14.5 Å². The molecule has 3 rings (SSSR count). The molecular weight excluding hydrogens is 436 g/mol. The van der Waals surface area contributed by atoms with E-state index in [1.807, 2.05) is 0 Å². The topological polar surface area (TPSA) is 68.7 Å². The van der Waals surface area contributed by atoms with Crippen LogP contribution in [0.3, 0.4) is 0 Å². The fourth-order valence-corrected chi connectivity index (χ4v) is 2.92. The number of hydrogen-bond acceptors (Lipinski definition) is 5. The Morgan fingerprint density at radius 3 is 2.72 bits per heavy atom. The zero-order valence-corrected chi connectivity index (χ0v) is 17.2. The van der Waals surface area contributed by atoms with Crippen LogP contribution in [-0.4, -0.2) is 30.5 Å². The molecule has 1 aliphatic rings. The van der Waals surface area contributed by atoms with Gasteiger partial charge in [-0.1, -0.05) is 33.5 Å². The summed E-state index contributed by atoms with van der Waals surface area (Å²) in [5.41, 5.74) is 5.95. The van der Waals surface area contributed by atoms with Gasteiger partial charge in [-0.25, -0.2) is 4.98 Å². The Balaban J connectivity index is 1.73. The first-order valence-corrected chi connectivity index (χ1v) is 9.52. The van der Waals surface area contributed by atoms with Gasteiger partial charge in [0.25, 0.3) is 5.91 Å². The minimum atomic E-state index is -0.497. The van der Waals surface area contributed by atoms with Crippen molar-refractivity contribution < 1.29 is 19.1 Å². The van der Waals surface area contributed by atoms with Crippen molar-refractivity contribution in [3.63, 3.8) is 0 Å². The van der Waals surface area contributed by atoms with Gasteiger partial charge in [0.1, 0.15) is 5.82 Å². The quantitative estimate of drug-likeness (QED) is 0.360. The van der Waals surface area contributed by atoms with Crippen LogP contribution in [0, 0.1) is 0 Å². The summed E-state index contributed by atoms with van der Waals surface area (Å²) in [7, 11) is 1.50. The summed E-state index contributed by atoms with van der Waals surface area (Å²) >= 11 is 3.34. The molecule has 1 heterocycles. The standard InChI is InChI=1S/C22H17BrN2O4/c1-28-18-11-10-17(23)15-19(18)29-21(26)12-14-25(20-9-5-6-13-24-20)22(27)16-7-3-2-4-8-16/h3,5-11,13,15H,12,14H2,1H3. The normalized spacial score (nSPS) is 11.7. The molecule has 146 valence electrons. The fourth-order valence-electron chi connectivity index (χ4n) is 2.58. The summed E-state index contributed by atoms with van der Waals surface area (Å²) in [5.74, 6) is 0.397. The van der Waals surface area contributed by atoms with Crippen molar-refractivity contribution in [3.05, 3.63) is 82.3 Å². The smallest absolute Gasteiger partial charge is 0.313 e. The maximum absolute atomic E-state index is 12.9. The molecule has 0 saturated carbocycles. The van der Waals surface area contributed by atoms with Crippen LogP contribution in [0.2, 0.25) is 0 Å². The SMILES string of the molecule is COc1ccc(Br)cc1OC(=O)CCN(C(=O)C1=CC=C=C=C1)c1ccccn1. The summed E-state index contributed by atoms with van der Waals surface area (Å²) in [4.78, 5) is 31.0. The van der Waals surface area contributed by atoms with Crippen LogP contribution in [0.25, 0.3) is 0 Å². The van der Waals surface area contributed by atoms with Gasteiger partial charge in [0, 0.05) is 28.9 Å². The van der Waals surface area contributed by atoms with Crippen LogP contribution < -0.4 is 14.4 Å². The molecule has 1 aliphatic carbocycles. The van der Waals surface area contributed by atoms with Crippen LogP contribution in [-0.2, 0) is 9.59 Å². The lowest BCUT2D eigenvalue weighted by atomic mass is 10.1.